The van der Waals surface area contributed by atoms with Gasteiger partial charge in [-0.3, -0.25) is 4.98 Å². The lowest BCUT2D eigenvalue weighted by molar-refractivity contribution is 0.409. The minimum atomic E-state index is 0.427. The Morgan fingerprint density at radius 2 is 2.00 bits per heavy atom. The molecule has 15 heavy (non-hydrogen) atoms. The van der Waals surface area contributed by atoms with Gasteiger partial charge < -0.3 is 5.73 Å². The molecule has 0 saturated heterocycles. The summed E-state index contributed by atoms with van der Waals surface area (Å²) in [6.07, 6.45) is 5.49. The highest BCUT2D eigenvalue weighted by atomic mass is 14.7. The number of hydrogen-bond acceptors (Lipinski definition) is 2. The topological polar surface area (TPSA) is 38.9 Å². The van der Waals surface area contributed by atoms with Gasteiger partial charge >= 0.3 is 0 Å². The monoisotopic (exact) mass is 206 g/mol. The normalized spacial score (nSPS) is 13.1. The molecule has 0 amide bonds. The molecule has 0 aliphatic carbocycles. The molecule has 0 bridgehead atoms. The Balaban J connectivity index is 2.64. The van der Waals surface area contributed by atoms with Crippen molar-refractivity contribution in [3.8, 4) is 0 Å². The van der Waals surface area contributed by atoms with Crippen LogP contribution in [0.2, 0.25) is 0 Å². The predicted molar refractivity (Wildman–Crippen MR) is 64.7 cm³/mol. The molecular formula is C13H22N2. The molecule has 2 heteroatoms. The molecule has 0 fully saturated rings. The van der Waals surface area contributed by atoms with E-state index in [1.54, 1.807) is 0 Å². The van der Waals surface area contributed by atoms with Crippen molar-refractivity contribution < 1.29 is 0 Å². The number of nitrogens with two attached hydrogens (primary N) is 1. The number of aromatic nitrogens is 1. The lowest BCUT2D eigenvalue weighted by Gasteiger charge is -2.19. The molecule has 0 aliphatic heterocycles. The number of pyridine rings is 1. The standard InChI is InChI=1S/C13H22N2/c1-3-11(4-2)9-12(10-14)13-7-5-6-8-15-13/h5-8,11-12H,3-4,9-10,14H2,1-2H3. The van der Waals surface area contributed by atoms with Crippen LogP contribution in [0.1, 0.15) is 44.7 Å². The maximum Gasteiger partial charge on any atom is 0.0447 e. The van der Waals surface area contributed by atoms with Gasteiger partial charge in [0.1, 0.15) is 0 Å². The van der Waals surface area contributed by atoms with Crippen LogP contribution in [0.25, 0.3) is 0 Å². The van der Waals surface area contributed by atoms with Crippen LogP contribution in [0.15, 0.2) is 24.4 Å². The molecule has 0 radical (unpaired) electrons. The molecule has 0 aromatic carbocycles. The SMILES string of the molecule is CCC(CC)CC(CN)c1ccccn1. The number of nitrogens with zero attached hydrogens (tertiary/aromatic N) is 1. The smallest absolute Gasteiger partial charge is 0.0447 e. The van der Waals surface area contributed by atoms with Crippen molar-refractivity contribution in [3.05, 3.63) is 30.1 Å². The third kappa shape index (κ3) is 3.63. The zero-order valence-corrected chi connectivity index (χ0v) is 9.82. The van der Waals surface area contributed by atoms with Gasteiger partial charge in [0.15, 0.2) is 0 Å². The van der Waals surface area contributed by atoms with Crippen molar-refractivity contribution in [1.29, 1.82) is 0 Å². The Hall–Kier alpha value is -0.890. The fourth-order valence-electron chi connectivity index (χ4n) is 1.98. The Kier molecular flexibility index (Phi) is 5.33. The van der Waals surface area contributed by atoms with Gasteiger partial charge in [-0.15, -0.1) is 0 Å². The predicted octanol–water partition coefficient (Wildman–Crippen LogP) is 2.95. The van der Waals surface area contributed by atoms with Crippen molar-refractivity contribution in [2.24, 2.45) is 11.7 Å². The van der Waals surface area contributed by atoms with Crippen LogP contribution in [-0.4, -0.2) is 11.5 Å². The molecule has 0 spiro atoms. The van der Waals surface area contributed by atoms with Gasteiger partial charge in [-0.2, -0.15) is 0 Å². The first-order valence-electron chi connectivity index (χ1n) is 5.92. The van der Waals surface area contributed by atoms with E-state index in [-0.39, 0.29) is 0 Å². The quantitative estimate of drug-likeness (QED) is 0.777. The van der Waals surface area contributed by atoms with E-state index >= 15 is 0 Å². The van der Waals surface area contributed by atoms with E-state index in [0.717, 1.165) is 11.6 Å². The van der Waals surface area contributed by atoms with Gasteiger partial charge in [0.25, 0.3) is 0 Å². The minimum Gasteiger partial charge on any atom is -0.330 e. The molecule has 2 N–H and O–H groups in total. The molecule has 1 unspecified atom stereocenters. The summed E-state index contributed by atoms with van der Waals surface area (Å²) in [6.45, 7) is 5.20. The van der Waals surface area contributed by atoms with Crippen LogP contribution < -0.4 is 5.73 Å². The Bertz CT molecular complexity index is 254. The summed E-state index contributed by atoms with van der Waals surface area (Å²) in [7, 11) is 0. The summed E-state index contributed by atoms with van der Waals surface area (Å²) in [5, 5.41) is 0. The summed E-state index contributed by atoms with van der Waals surface area (Å²) in [5.74, 6) is 1.21. The summed E-state index contributed by atoms with van der Waals surface area (Å²) < 4.78 is 0. The van der Waals surface area contributed by atoms with Crippen LogP contribution in [0, 0.1) is 5.92 Å². The van der Waals surface area contributed by atoms with Crippen molar-refractivity contribution in [2.45, 2.75) is 39.0 Å². The van der Waals surface area contributed by atoms with Crippen LogP contribution in [0.4, 0.5) is 0 Å². The highest BCUT2D eigenvalue weighted by molar-refractivity contribution is 5.10. The van der Waals surface area contributed by atoms with E-state index in [1.807, 2.05) is 18.3 Å². The second-order valence-corrected chi connectivity index (χ2v) is 4.11. The van der Waals surface area contributed by atoms with E-state index < -0.39 is 0 Å². The van der Waals surface area contributed by atoms with Crippen molar-refractivity contribution in [1.82, 2.24) is 4.98 Å². The second-order valence-electron chi connectivity index (χ2n) is 4.11. The van der Waals surface area contributed by atoms with Gasteiger partial charge in [0.05, 0.1) is 0 Å². The molecule has 2 nitrogen and oxygen atoms in total. The summed E-state index contributed by atoms with van der Waals surface area (Å²) in [5.41, 5.74) is 6.97. The van der Waals surface area contributed by atoms with Crippen molar-refractivity contribution >= 4 is 0 Å². The molecule has 1 atom stereocenters. The summed E-state index contributed by atoms with van der Waals surface area (Å²) in [6, 6.07) is 6.08. The molecule has 84 valence electrons. The lowest BCUT2D eigenvalue weighted by atomic mass is 9.88. The van der Waals surface area contributed by atoms with Gasteiger partial charge in [-0.1, -0.05) is 32.8 Å². The van der Waals surface area contributed by atoms with E-state index in [4.69, 9.17) is 5.73 Å². The fraction of sp³-hybridized carbons (Fsp3) is 0.615. The van der Waals surface area contributed by atoms with E-state index in [0.29, 0.717) is 12.5 Å². The van der Waals surface area contributed by atoms with Crippen LogP contribution in [0.3, 0.4) is 0 Å². The van der Waals surface area contributed by atoms with E-state index in [1.165, 1.54) is 19.3 Å². The van der Waals surface area contributed by atoms with Crippen molar-refractivity contribution in [3.63, 3.8) is 0 Å². The van der Waals surface area contributed by atoms with Gasteiger partial charge in [0.2, 0.25) is 0 Å². The zero-order chi connectivity index (χ0) is 11.1. The van der Waals surface area contributed by atoms with Gasteiger partial charge in [0, 0.05) is 24.4 Å². The third-order valence-electron chi connectivity index (χ3n) is 3.16. The average molecular weight is 206 g/mol. The first-order valence-corrected chi connectivity index (χ1v) is 5.92. The molecule has 1 heterocycles. The lowest BCUT2D eigenvalue weighted by Crippen LogP contribution is -2.17. The first-order chi connectivity index (χ1) is 7.31. The number of rotatable bonds is 6. The zero-order valence-electron chi connectivity index (χ0n) is 9.82. The maximum absolute atomic E-state index is 5.82. The first kappa shape index (κ1) is 12.2. The van der Waals surface area contributed by atoms with Gasteiger partial charge in [-0.05, 0) is 24.5 Å². The molecule has 1 aromatic rings. The Morgan fingerprint density at radius 3 is 2.47 bits per heavy atom. The fourth-order valence-corrected chi connectivity index (χ4v) is 1.98. The largest absolute Gasteiger partial charge is 0.330 e. The summed E-state index contributed by atoms with van der Waals surface area (Å²) >= 11 is 0. The van der Waals surface area contributed by atoms with Crippen molar-refractivity contribution in [2.75, 3.05) is 6.54 Å². The molecule has 1 rings (SSSR count). The molecule has 1 aromatic heterocycles. The summed E-state index contributed by atoms with van der Waals surface area (Å²) in [4.78, 5) is 4.39. The average Bonchev–Trinajstić information content (AvgIpc) is 2.32. The molecule has 0 saturated carbocycles. The van der Waals surface area contributed by atoms with E-state index in [9.17, 15) is 0 Å². The van der Waals surface area contributed by atoms with Gasteiger partial charge in [-0.25, -0.2) is 0 Å². The van der Waals surface area contributed by atoms with Crippen LogP contribution >= 0.6 is 0 Å². The highest BCUT2D eigenvalue weighted by Crippen LogP contribution is 2.24. The minimum absolute atomic E-state index is 0.427. The van der Waals surface area contributed by atoms with E-state index in [2.05, 4.69) is 24.9 Å². The number of hydrogen-bond donors (Lipinski definition) is 1. The second kappa shape index (κ2) is 6.57. The Morgan fingerprint density at radius 1 is 1.27 bits per heavy atom. The van der Waals surface area contributed by atoms with Crippen LogP contribution in [0.5, 0.6) is 0 Å². The third-order valence-corrected chi connectivity index (χ3v) is 3.16. The molecule has 0 aliphatic rings. The van der Waals surface area contributed by atoms with Crippen LogP contribution in [-0.2, 0) is 0 Å². The molecular weight excluding hydrogens is 184 g/mol. The maximum atomic E-state index is 5.82. The highest BCUT2D eigenvalue weighted by Gasteiger charge is 2.15. The Labute approximate surface area is 92.9 Å².